The lowest BCUT2D eigenvalue weighted by molar-refractivity contribution is 0.272. The van der Waals surface area contributed by atoms with Crippen molar-refractivity contribution >= 4 is 11.9 Å². The molecule has 3 rings (SSSR count). The highest BCUT2D eigenvalue weighted by atomic mass is 16.5. The molecule has 0 amide bonds. The minimum atomic E-state index is 0.718. The maximum Gasteiger partial charge on any atom is 0.161 e. The second-order valence-corrected chi connectivity index (χ2v) is 5.64. The van der Waals surface area contributed by atoms with Crippen LogP contribution in [0, 0.1) is 0 Å². The molecule has 1 heterocycles. The van der Waals surface area contributed by atoms with Crippen molar-refractivity contribution in [3.05, 3.63) is 54.1 Å². The van der Waals surface area contributed by atoms with Crippen molar-refractivity contribution in [1.82, 2.24) is 5.01 Å². The van der Waals surface area contributed by atoms with Crippen molar-refractivity contribution < 1.29 is 9.47 Å². The van der Waals surface area contributed by atoms with Crippen LogP contribution in [-0.4, -0.2) is 51.6 Å². The molecule has 0 unspecified atom stereocenters. The van der Waals surface area contributed by atoms with Gasteiger partial charge in [-0.3, -0.25) is 5.01 Å². The number of hydrogen-bond acceptors (Lipinski definition) is 5. The first-order valence-corrected chi connectivity index (χ1v) is 8.11. The number of anilines is 1. The first-order valence-electron chi connectivity index (χ1n) is 8.11. The summed E-state index contributed by atoms with van der Waals surface area (Å²) in [6, 6.07) is 16.3. The first-order chi connectivity index (χ1) is 11.8. The molecule has 0 aliphatic carbocycles. The summed E-state index contributed by atoms with van der Waals surface area (Å²) in [6.45, 7) is 3.79. The zero-order chi connectivity index (χ0) is 16.8. The van der Waals surface area contributed by atoms with Crippen LogP contribution in [0.5, 0.6) is 11.5 Å². The summed E-state index contributed by atoms with van der Waals surface area (Å²) in [5.74, 6) is 1.45. The largest absolute Gasteiger partial charge is 0.493 e. The summed E-state index contributed by atoms with van der Waals surface area (Å²) < 4.78 is 10.6. The van der Waals surface area contributed by atoms with E-state index in [0.29, 0.717) is 0 Å². The number of ether oxygens (including phenoxy) is 2. The van der Waals surface area contributed by atoms with Gasteiger partial charge < -0.3 is 14.4 Å². The minimum absolute atomic E-state index is 0.718. The SMILES string of the molecule is COc1ccc(C=NN2CCN(c3ccccc3)CC2)cc1OC. The maximum atomic E-state index is 5.32. The number of methoxy groups -OCH3 is 2. The molecule has 0 atom stereocenters. The Bertz CT molecular complexity index is 680. The van der Waals surface area contributed by atoms with Gasteiger partial charge in [-0.1, -0.05) is 18.2 Å². The van der Waals surface area contributed by atoms with Crippen LogP contribution in [0.25, 0.3) is 0 Å². The van der Waals surface area contributed by atoms with Crippen LogP contribution in [-0.2, 0) is 0 Å². The number of rotatable bonds is 5. The van der Waals surface area contributed by atoms with Crippen LogP contribution in [0.3, 0.4) is 0 Å². The van der Waals surface area contributed by atoms with E-state index in [1.54, 1.807) is 14.2 Å². The molecule has 126 valence electrons. The number of piperazine rings is 1. The molecule has 1 aliphatic heterocycles. The van der Waals surface area contributed by atoms with Crippen LogP contribution < -0.4 is 14.4 Å². The standard InChI is InChI=1S/C19H23N3O2/c1-23-18-9-8-16(14-19(18)24-2)15-20-22-12-10-21(11-13-22)17-6-4-3-5-7-17/h3-9,14-15H,10-13H2,1-2H3. The third kappa shape index (κ3) is 3.79. The van der Waals surface area contributed by atoms with Crippen molar-refractivity contribution in [2.45, 2.75) is 0 Å². The molecule has 0 spiro atoms. The highest BCUT2D eigenvalue weighted by Crippen LogP contribution is 2.27. The van der Waals surface area contributed by atoms with Gasteiger partial charge in [-0.05, 0) is 35.9 Å². The van der Waals surface area contributed by atoms with Gasteiger partial charge in [-0.25, -0.2) is 0 Å². The zero-order valence-electron chi connectivity index (χ0n) is 14.2. The van der Waals surface area contributed by atoms with Gasteiger partial charge in [0, 0.05) is 18.8 Å². The van der Waals surface area contributed by atoms with Gasteiger partial charge in [-0.15, -0.1) is 0 Å². The normalized spacial score (nSPS) is 14.9. The lowest BCUT2D eigenvalue weighted by atomic mass is 10.2. The molecule has 2 aromatic rings. The van der Waals surface area contributed by atoms with Crippen LogP contribution in [0.4, 0.5) is 5.69 Å². The molecule has 0 N–H and O–H groups in total. The Morgan fingerprint density at radius 3 is 2.25 bits per heavy atom. The average molecular weight is 325 g/mol. The molecule has 0 aromatic heterocycles. The Labute approximate surface area is 143 Å². The van der Waals surface area contributed by atoms with Crippen molar-refractivity contribution in [1.29, 1.82) is 0 Å². The lowest BCUT2D eigenvalue weighted by Crippen LogP contribution is -2.44. The molecular formula is C19H23N3O2. The third-order valence-electron chi connectivity index (χ3n) is 4.16. The summed E-state index contributed by atoms with van der Waals surface area (Å²) >= 11 is 0. The molecule has 0 saturated carbocycles. The average Bonchev–Trinajstić information content (AvgIpc) is 2.67. The molecule has 0 radical (unpaired) electrons. The third-order valence-corrected chi connectivity index (χ3v) is 4.16. The molecule has 2 aromatic carbocycles. The molecule has 5 heteroatoms. The van der Waals surface area contributed by atoms with E-state index >= 15 is 0 Å². The molecule has 5 nitrogen and oxygen atoms in total. The van der Waals surface area contributed by atoms with E-state index in [9.17, 15) is 0 Å². The topological polar surface area (TPSA) is 37.3 Å². The van der Waals surface area contributed by atoms with Crippen molar-refractivity contribution in [2.24, 2.45) is 5.10 Å². The predicted molar refractivity (Wildman–Crippen MR) is 97.4 cm³/mol. The molecule has 0 bridgehead atoms. The highest BCUT2D eigenvalue weighted by Gasteiger charge is 2.15. The van der Waals surface area contributed by atoms with Gasteiger partial charge in [0.1, 0.15) is 0 Å². The fraction of sp³-hybridized carbons (Fsp3) is 0.316. The Morgan fingerprint density at radius 1 is 0.875 bits per heavy atom. The van der Waals surface area contributed by atoms with E-state index in [-0.39, 0.29) is 0 Å². The first kappa shape index (κ1) is 16.2. The number of benzene rings is 2. The molecule has 1 aliphatic rings. The molecular weight excluding hydrogens is 302 g/mol. The number of nitrogens with zero attached hydrogens (tertiary/aromatic N) is 3. The summed E-state index contributed by atoms with van der Waals surface area (Å²) in [4.78, 5) is 2.39. The van der Waals surface area contributed by atoms with Gasteiger partial charge in [0.25, 0.3) is 0 Å². The number of hydrazone groups is 1. The van der Waals surface area contributed by atoms with Crippen molar-refractivity contribution in [2.75, 3.05) is 45.3 Å². The van der Waals surface area contributed by atoms with Gasteiger partial charge >= 0.3 is 0 Å². The second-order valence-electron chi connectivity index (χ2n) is 5.64. The fourth-order valence-corrected chi connectivity index (χ4v) is 2.79. The Kier molecular flexibility index (Phi) is 5.21. The van der Waals surface area contributed by atoms with Crippen molar-refractivity contribution in [3.8, 4) is 11.5 Å². The highest BCUT2D eigenvalue weighted by molar-refractivity contribution is 5.80. The van der Waals surface area contributed by atoms with Gasteiger partial charge in [-0.2, -0.15) is 5.10 Å². The van der Waals surface area contributed by atoms with E-state index in [4.69, 9.17) is 9.47 Å². The number of para-hydroxylation sites is 1. The smallest absolute Gasteiger partial charge is 0.161 e. The second kappa shape index (κ2) is 7.73. The molecule has 1 fully saturated rings. The quantitative estimate of drug-likeness (QED) is 0.792. The zero-order valence-corrected chi connectivity index (χ0v) is 14.2. The van der Waals surface area contributed by atoms with Crippen LogP contribution in [0.1, 0.15) is 5.56 Å². The van der Waals surface area contributed by atoms with Crippen molar-refractivity contribution in [3.63, 3.8) is 0 Å². The van der Waals surface area contributed by atoms with Crippen LogP contribution in [0.2, 0.25) is 0 Å². The van der Waals surface area contributed by atoms with Gasteiger partial charge in [0.05, 0.1) is 33.5 Å². The van der Waals surface area contributed by atoms with E-state index < -0.39 is 0 Å². The molecule has 1 saturated heterocycles. The van der Waals surface area contributed by atoms with E-state index in [2.05, 4.69) is 39.3 Å². The summed E-state index contributed by atoms with van der Waals surface area (Å²) in [5, 5.41) is 6.71. The Balaban J connectivity index is 1.59. The lowest BCUT2D eigenvalue weighted by Gasteiger charge is -2.34. The Hall–Kier alpha value is -2.69. The Morgan fingerprint density at radius 2 is 1.58 bits per heavy atom. The van der Waals surface area contributed by atoms with Gasteiger partial charge in [0.15, 0.2) is 11.5 Å². The van der Waals surface area contributed by atoms with E-state index in [0.717, 1.165) is 43.2 Å². The maximum absolute atomic E-state index is 5.32. The van der Waals surface area contributed by atoms with Crippen LogP contribution >= 0.6 is 0 Å². The van der Waals surface area contributed by atoms with Gasteiger partial charge in [0.2, 0.25) is 0 Å². The monoisotopic (exact) mass is 325 g/mol. The summed E-state index contributed by atoms with van der Waals surface area (Å²) in [6.07, 6.45) is 1.88. The molecule has 24 heavy (non-hydrogen) atoms. The van der Waals surface area contributed by atoms with E-state index in [1.165, 1.54) is 5.69 Å². The van der Waals surface area contributed by atoms with E-state index in [1.807, 2.05) is 30.5 Å². The van der Waals surface area contributed by atoms with Crippen LogP contribution in [0.15, 0.2) is 53.6 Å². The minimum Gasteiger partial charge on any atom is -0.493 e. The predicted octanol–water partition coefficient (Wildman–Crippen LogP) is 2.86. The number of hydrogen-bond donors (Lipinski definition) is 0. The summed E-state index contributed by atoms with van der Waals surface area (Å²) in [7, 11) is 3.28. The fourth-order valence-electron chi connectivity index (χ4n) is 2.79. The summed E-state index contributed by atoms with van der Waals surface area (Å²) in [5.41, 5.74) is 2.28.